The van der Waals surface area contributed by atoms with Crippen molar-refractivity contribution in [3.63, 3.8) is 0 Å². The summed E-state index contributed by atoms with van der Waals surface area (Å²) in [5.41, 5.74) is 3.23. The number of rotatable bonds is 8. The summed E-state index contributed by atoms with van der Waals surface area (Å²) >= 11 is 6.06. The second kappa shape index (κ2) is 8.86. The van der Waals surface area contributed by atoms with Gasteiger partial charge in [-0.25, -0.2) is 0 Å². The van der Waals surface area contributed by atoms with Crippen molar-refractivity contribution in [2.75, 3.05) is 18.0 Å². The predicted octanol–water partition coefficient (Wildman–Crippen LogP) is 5.14. The summed E-state index contributed by atoms with van der Waals surface area (Å²) in [5.74, 6) is 1.08. The standard InChI is InChI=1S/C21H25ClN4/c1-3-14-25(15-4-2)21-20(16-17-8-6-5-7-9-17)23-24-26(21)19-12-10-18(22)11-13-19/h5-13H,3-4,14-16H2,1-2H3. The van der Waals surface area contributed by atoms with E-state index in [4.69, 9.17) is 11.6 Å². The number of nitrogens with zero attached hydrogens (tertiary/aromatic N) is 4. The lowest BCUT2D eigenvalue weighted by molar-refractivity contribution is 0.704. The molecule has 0 bridgehead atoms. The van der Waals surface area contributed by atoms with Gasteiger partial charge in [0.1, 0.15) is 5.69 Å². The maximum atomic E-state index is 6.06. The zero-order valence-corrected chi connectivity index (χ0v) is 16.2. The van der Waals surface area contributed by atoms with Crippen LogP contribution in [0.1, 0.15) is 37.9 Å². The molecule has 26 heavy (non-hydrogen) atoms. The first-order valence-electron chi connectivity index (χ1n) is 9.22. The summed E-state index contributed by atoms with van der Waals surface area (Å²) in [6, 6.07) is 18.2. The molecule has 0 aliphatic rings. The number of benzene rings is 2. The third-order valence-corrected chi connectivity index (χ3v) is 4.54. The monoisotopic (exact) mass is 368 g/mol. The molecule has 3 rings (SSSR count). The first kappa shape index (κ1) is 18.5. The van der Waals surface area contributed by atoms with Gasteiger partial charge >= 0.3 is 0 Å². The molecular weight excluding hydrogens is 344 g/mol. The minimum Gasteiger partial charge on any atom is -0.355 e. The molecule has 0 N–H and O–H groups in total. The highest BCUT2D eigenvalue weighted by Gasteiger charge is 2.20. The van der Waals surface area contributed by atoms with Crippen molar-refractivity contribution in [2.24, 2.45) is 0 Å². The Bertz CT molecular complexity index is 806. The van der Waals surface area contributed by atoms with Crippen LogP contribution in [0.4, 0.5) is 5.82 Å². The largest absolute Gasteiger partial charge is 0.355 e. The Balaban J connectivity index is 2.04. The first-order chi connectivity index (χ1) is 12.7. The minimum atomic E-state index is 0.721. The van der Waals surface area contributed by atoms with Gasteiger partial charge in [-0.2, -0.15) is 4.68 Å². The average molecular weight is 369 g/mol. The molecule has 0 fully saturated rings. The van der Waals surface area contributed by atoms with E-state index in [1.165, 1.54) is 5.56 Å². The quantitative estimate of drug-likeness (QED) is 0.552. The van der Waals surface area contributed by atoms with E-state index in [1.54, 1.807) is 0 Å². The molecule has 1 aromatic heterocycles. The number of hydrogen-bond acceptors (Lipinski definition) is 3. The zero-order valence-electron chi connectivity index (χ0n) is 15.4. The topological polar surface area (TPSA) is 34.0 Å². The van der Waals surface area contributed by atoms with Crippen LogP contribution in [0.15, 0.2) is 54.6 Å². The predicted molar refractivity (Wildman–Crippen MR) is 108 cm³/mol. The molecule has 0 unspecified atom stereocenters. The Morgan fingerprint density at radius 1 is 0.923 bits per heavy atom. The molecule has 0 radical (unpaired) electrons. The number of halogens is 1. The lowest BCUT2D eigenvalue weighted by Gasteiger charge is -2.25. The van der Waals surface area contributed by atoms with Crippen LogP contribution in [-0.4, -0.2) is 28.1 Å². The maximum Gasteiger partial charge on any atom is 0.156 e. The first-order valence-corrected chi connectivity index (χ1v) is 9.60. The van der Waals surface area contributed by atoms with Crippen LogP contribution in [0, 0.1) is 0 Å². The van der Waals surface area contributed by atoms with Crippen LogP contribution in [0.25, 0.3) is 5.69 Å². The minimum absolute atomic E-state index is 0.721. The lowest BCUT2D eigenvalue weighted by Crippen LogP contribution is -2.28. The Kier molecular flexibility index (Phi) is 6.29. The van der Waals surface area contributed by atoms with E-state index in [9.17, 15) is 0 Å². The summed E-state index contributed by atoms with van der Waals surface area (Å²) in [5, 5.41) is 9.73. The van der Waals surface area contributed by atoms with Gasteiger partial charge in [-0.05, 0) is 42.7 Å². The second-order valence-corrected chi connectivity index (χ2v) is 6.83. The second-order valence-electron chi connectivity index (χ2n) is 6.40. The maximum absolute atomic E-state index is 6.06. The van der Waals surface area contributed by atoms with Crippen LogP contribution in [0.2, 0.25) is 5.02 Å². The molecule has 0 atom stereocenters. The molecule has 136 valence electrons. The highest BCUT2D eigenvalue weighted by atomic mass is 35.5. The zero-order chi connectivity index (χ0) is 18.4. The highest BCUT2D eigenvalue weighted by molar-refractivity contribution is 6.30. The Labute approximate surface area is 160 Å². The molecule has 1 heterocycles. The summed E-state index contributed by atoms with van der Waals surface area (Å²) in [7, 11) is 0. The van der Waals surface area contributed by atoms with Gasteiger partial charge in [-0.3, -0.25) is 0 Å². The third kappa shape index (κ3) is 4.25. The summed E-state index contributed by atoms with van der Waals surface area (Å²) < 4.78 is 1.94. The van der Waals surface area contributed by atoms with Gasteiger partial charge in [-0.1, -0.05) is 61.0 Å². The molecule has 0 saturated heterocycles. The van der Waals surface area contributed by atoms with Crippen molar-refractivity contribution in [2.45, 2.75) is 33.1 Å². The molecule has 0 amide bonds. The summed E-state index contributed by atoms with van der Waals surface area (Å²) in [6.07, 6.45) is 2.93. The number of aromatic nitrogens is 3. The van der Waals surface area contributed by atoms with Crippen LogP contribution < -0.4 is 4.90 Å². The van der Waals surface area contributed by atoms with E-state index < -0.39 is 0 Å². The van der Waals surface area contributed by atoms with Gasteiger partial charge in [0.15, 0.2) is 5.82 Å². The van der Waals surface area contributed by atoms with Crippen LogP contribution >= 0.6 is 11.6 Å². The highest BCUT2D eigenvalue weighted by Crippen LogP contribution is 2.26. The molecule has 4 nitrogen and oxygen atoms in total. The van der Waals surface area contributed by atoms with E-state index in [2.05, 4.69) is 53.3 Å². The van der Waals surface area contributed by atoms with E-state index in [0.717, 1.165) is 54.6 Å². The van der Waals surface area contributed by atoms with Crippen molar-refractivity contribution in [3.05, 3.63) is 70.9 Å². The summed E-state index contributed by atoms with van der Waals surface area (Å²) in [6.45, 7) is 6.37. The molecular formula is C21H25ClN4. The van der Waals surface area contributed by atoms with Gasteiger partial charge in [0.25, 0.3) is 0 Å². The van der Waals surface area contributed by atoms with Crippen molar-refractivity contribution in [3.8, 4) is 5.69 Å². The summed E-state index contributed by atoms with van der Waals surface area (Å²) in [4.78, 5) is 2.40. The molecule has 0 saturated carbocycles. The SMILES string of the molecule is CCCN(CCC)c1c(Cc2ccccc2)nnn1-c1ccc(Cl)cc1. The fraction of sp³-hybridized carbons (Fsp3) is 0.333. The van der Waals surface area contributed by atoms with E-state index in [-0.39, 0.29) is 0 Å². The van der Waals surface area contributed by atoms with Crippen molar-refractivity contribution >= 4 is 17.4 Å². The van der Waals surface area contributed by atoms with Gasteiger partial charge < -0.3 is 4.90 Å². The smallest absolute Gasteiger partial charge is 0.156 e. The number of anilines is 1. The fourth-order valence-electron chi connectivity index (χ4n) is 3.15. The molecule has 0 spiro atoms. The van der Waals surface area contributed by atoms with E-state index in [1.807, 2.05) is 35.0 Å². The van der Waals surface area contributed by atoms with Gasteiger partial charge in [0.05, 0.1) is 5.69 Å². The number of hydrogen-bond donors (Lipinski definition) is 0. The molecule has 0 aliphatic heterocycles. The van der Waals surface area contributed by atoms with Gasteiger partial charge in [-0.15, -0.1) is 5.10 Å². The van der Waals surface area contributed by atoms with Gasteiger partial charge in [0, 0.05) is 24.5 Å². The lowest BCUT2D eigenvalue weighted by atomic mass is 10.1. The molecule has 2 aromatic carbocycles. The van der Waals surface area contributed by atoms with E-state index in [0.29, 0.717) is 0 Å². The van der Waals surface area contributed by atoms with Crippen molar-refractivity contribution < 1.29 is 0 Å². The van der Waals surface area contributed by atoms with Crippen LogP contribution in [-0.2, 0) is 6.42 Å². The normalized spacial score (nSPS) is 10.9. The molecule has 5 heteroatoms. The Morgan fingerprint density at radius 3 is 2.19 bits per heavy atom. The Morgan fingerprint density at radius 2 is 1.58 bits per heavy atom. The van der Waals surface area contributed by atoms with Gasteiger partial charge in [0.2, 0.25) is 0 Å². The fourth-order valence-corrected chi connectivity index (χ4v) is 3.27. The molecule has 0 aliphatic carbocycles. The van der Waals surface area contributed by atoms with Crippen molar-refractivity contribution in [1.82, 2.24) is 15.0 Å². The van der Waals surface area contributed by atoms with Crippen LogP contribution in [0.3, 0.4) is 0 Å². The van der Waals surface area contributed by atoms with Crippen LogP contribution in [0.5, 0.6) is 0 Å². The Hall–Kier alpha value is -2.33. The van der Waals surface area contributed by atoms with E-state index >= 15 is 0 Å². The van der Waals surface area contributed by atoms with Crippen molar-refractivity contribution in [1.29, 1.82) is 0 Å². The third-order valence-electron chi connectivity index (χ3n) is 4.29. The average Bonchev–Trinajstić information content (AvgIpc) is 3.06. The molecule has 3 aromatic rings.